The lowest BCUT2D eigenvalue weighted by atomic mass is 9.77. The van der Waals surface area contributed by atoms with Gasteiger partial charge >= 0.3 is 11.9 Å². The summed E-state index contributed by atoms with van der Waals surface area (Å²) in [4.78, 5) is 47.8. The van der Waals surface area contributed by atoms with E-state index in [1.54, 1.807) is 26.6 Å². The van der Waals surface area contributed by atoms with Crippen molar-refractivity contribution in [2.45, 2.75) is 91.1 Å². The number of aryl methyl sites for hydroxylation is 2. The first-order chi connectivity index (χ1) is 24.5. The molecular weight excluding hydrogens is 660 g/mol. The van der Waals surface area contributed by atoms with E-state index in [-0.39, 0.29) is 34.0 Å². The lowest BCUT2D eigenvalue weighted by Gasteiger charge is -2.40. The molecule has 2 N–H and O–H groups in total. The van der Waals surface area contributed by atoms with Crippen molar-refractivity contribution in [2.24, 2.45) is 10.8 Å². The summed E-state index contributed by atoms with van der Waals surface area (Å²) in [6.07, 6.45) is 7.29. The molecule has 4 heterocycles. The number of carbonyl (C=O) groups is 2. The third-order valence-corrected chi connectivity index (χ3v) is 12.3. The molecule has 4 aromatic rings. The Morgan fingerprint density at radius 3 is 1.35 bits per heavy atom. The zero-order valence-electron chi connectivity index (χ0n) is 31.0. The molecule has 2 aromatic heterocycles. The number of pyridine rings is 2. The molecule has 2 saturated carbocycles. The van der Waals surface area contributed by atoms with Crippen LogP contribution in [-0.4, -0.2) is 45.5 Å². The van der Waals surface area contributed by atoms with Gasteiger partial charge in [-0.2, -0.15) is 0 Å². The molecule has 0 amide bonds. The summed E-state index contributed by atoms with van der Waals surface area (Å²) in [6, 6.07) is 11.5. The number of methoxy groups -OCH3 is 2. The van der Waals surface area contributed by atoms with E-state index >= 15 is 0 Å². The molecule has 4 atom stereocenters. The molecule has 0 unspecified atom stereocenters. The number of nitrogens with zero attached hydrogens (tertiary/aromatic N) is 2. The summed E-state index contributed by atoms with van der Waals surface area (Å²) in [5.41, 5.74) is 6.94. The van der Waals surface area contributed by atoms with Gasteiger partial charge in [0.2, 0.25) is 0 Å². The van der Waals surface area contributed by atoms with Crippen LogP contribution in [0, 0.1) is 24.7 Å². The third-order valence-electron chi connectivity index (χ3n) is 12.3. The highest BCUT2D eigenvalue weighted by Crippen LogP contribution is 2.60. The van der Waals surface area contributed by atoms with Crippen molar-refractivity contribution in [2.75, 3.05) is 14.2 Å². The van der Waals surface area contributed by atoms with Gasteiger partial charge in [0.1, 0.15) is 22.6 Å². The second kappa shape index (κ2) is 12.2. The minimum absolute atomic E-state index is 0.0236. The average molecular weight is 707 g/mol. The number of carboxylic acids is 2. The van der Waals surface area contributed by atoms with Crippen LogP contribution in [0.2, 0.25) is 0 Å². The quantitative estimate of drug-likeness (QED) is 0.218. The summed E-state index contributed by atoms with van der Waals surface area (Å²) in [5.74, 6) is -0.182. The Labute approximate surface area is 302 Å². The summed E-state index contributed by atoms with van der Waals surface area (Å²) >= 11 is 0. The van der Waals surface area contributed by atoms with Crippen LogP contribution in [0.4, 0.5) is 0 Å². The fourth-order valence-corrected chi connectivity index (χ4v) is 9.78. The zero-order chi connectivity index (χ0) is 37.6. The second-order valence-electron chi connectivity index (χ2n) is 16.3. The Hall–Kier alpha value is -5.12. The number of aromatic nitrogens is 2. The highest BCUT2D eigenvalue weighted by molar-refractivity contribution is 5.88. The van der Waals surface area contributed by atoms with Gasteiger partial charge in [-0.05, 0) is 84.7 Å². The molecule has 272 valence electrons. The lowest BCUT2D eigenvalue weighted by Crippen LogP contribution is -2.32. The summed E-state index contributed by atoms with van der Waals surface area (Å²) in [6.45, 7) is 13.0. The van der Waals surface area contributed by atoms with Gasteiger partial charge < -0.3 is 28.8 Å². The molecule has 2 aliphatic heterocycles. The van der Waals surface area contributed by atoms with Gasteiger partial charge in [0.15, 0.2) is 10.9 Å². The topological polar surface area (TPSA) is 137 Å². The number of benzene rings is 2. The molecule has 10 heteroatoms. The van der Waals surface area contributed by atoms with Gasteiger partial charge in [-0.25, -0.2) is 9.59 Å². The number of rotatable bonds is 4. The molecule has 0 spiro atoms. The molecular formula is C42H46N2O8. The van der Waals surface area contributed by atoms with E-state index in [2.05, 4.69) is 39.8 Å². The second-order valence-corrected chi connectivity index (χ2v) is 16.3. The minimum atomic E-state index is -1.18. The number of carboxylic acid groups (broad SMARTS) is 2. The van der Waals surface area contributed by atoms with E-state index in [9.17, 15) is 29.4 Å². The lowest BCUT2D eigenvalue weighted by molar-refractivity contribution is 0.0683. The number of ether oxygens (including phenoxy) is 2. The Kier molecular flexibility index (Phi) is 8.31. The highest BCUT2D eigenvalue weighted by Gasteiger charge is 2.49. The van der Waals surface area contributed by atoms with E-state index in [0.29, 0.717) is 11.8 Å². The number of fused-ring (bicyclic) bond motifs is 12. The van der Waals surface area contributed by atoms with Crippen molar-refractivity contribution < 1.29 is 29.3 Å². The van der Waals surface area contributed by atoms with Gasteiger partial charge in [-0.1, -0.05) is 39.8 Å². The average Bonchev–Trinajstić information content (AvgIpc) is 3.58. The van der Waals surface area contributed by atoms with Crippen LogP contribution in [0.5, 0.6) is 11.5 Å². The van der Waals surface area contributed by atoms with Crippen LogP contribution in [0.1, 0.15) is 120 Å². The monoisotopic (exact) mass is 706 g/mol. The molecule has 2 aliphatic carbocycles. The Balaban J connectivity index is 0.000000162. The summed E-state index contributed by atoms with van der Waals surface area (Å²) in [5, 5.41) is 18.8. The van der Waals surface area contributed by atoms with Crippen molar-refractivity contribution >= 4 is 11.9 Å². The van der Waals surface area contributed by atoms with Crippen molar-refractivity contribution in [1.29, 1.82) is 0 Å². The molecule has 8 rings (SSSR count). The van der Waals surface area contributed by atoms with E-state index in [4.69, 9.17) is 9.47 Å². The smallest absolute Gasteiger partial charge is 0.341 e. The molecule has 4 aliphatic rings. The SMILES string of the molecule is COc1cc2c(cc1C)[C@@H]1CCC(C)(C)[C@@H]1n1cc(C(=O)O)c(=O)cc1-2.COc1cc2c(cc1C)[C@H]1CCC(C)(C)[C@H]1n1cc(C(=O)O)c(=O)cc1-2. The predicted molar refractivity (Wildman–Crippen MR) is 198 cm³/mol. The van der Waals surface area contributed by atoms with Gasteiger partial charge in [0.25, 0.3) is 0 Å². The predicted octanol–water partition coefficient (Wildman–Crippen LogP) is 7.98. The van der Waals surface area contributed by atoms with Gasteiger partial charge in [-0.15, -0.1) is 0 Å². The van der Waals surface area contributed by atoms with E-state index < -0.39 is 22.8 Å². The fourth-order valence-electron chi connectivity index (χ4n) is 9.78. The first kappa shape index (κ1) is 35.3. The van der Waals surface area contributed by atoms with E-state index in [1.165, 1.54) is 23.3 Å². The molecule has 0 radical (unpaired) electrons. The maximum absolute atomic E-state index is 12.4. The van der Waals surface area contributed by atoms with Crippen LogP contribution in [-0.2, 0) is 0 Å². The zero-order valence-corrected chi connectivity index (χ0v) is 31.0. The molecule has 52 heavy (non-hydrogen) atoms. The van der Waals surface area contributed by atoms with Gasteiger partial charge in [-0.3, -0.25) is 9.59 Å². The number of hydrogen-bond acceptors (Lipinski definition) is 6. The van der Waals surface area contributed by atoms with Gasteiger partial charge in [0.05, 0.1) is 25.6 Å². The number of hydrogen-bond donors (Lipinski definition) is 2. The van der Waals surface area contributed by atoms with Crippen molar-refractivity contribution in [3.05, 3.63) is 103 Å². The van der Waals surface area contributed by atoms with Crippen molar-refractivity contribution in [3.8, 4) is 34.0 Å². The summed E-state index contributed by atoms with van der Waals surface area (Å²) in [7, 11) is 3.28. The standard InChI is InChI=1S/2C21H23NO4/c2*1-11-7-13-12-5-6-21(2,3)19(12)22-10-15(20(24)25)17(23)9-16(22)14(13)8-18(11)26-4/h2*7-10,12,19H,5-6H2,1-4H3,(H,24,25)/t2*12-,19+/m10/s1. The van der Waals surface area contributed by atoms with Crippen molar-refractivity contribution in [1.82, 2.24) is 9.13 Å². The minimum Gasteiger partial charge on any atom is -0.496 e. The maximum atomic E-state index is 12.4. The van der Waals surface area contributed by atoms with E-state index in [0.717, 1.165) is 70.8 Å². The largest absolute Gasteiger partial charge is 0.496 e. The molecule has 0 bridgehead atoms. The fraction of sp³-hybridized carbons (Fsp3) is 0.429. The van der Waals surface area contributed by atoms with Crippen molar-refractivity contribution in [3.63, 3.8) is 0 Å². The highest BCUT2D eigenvalue weighted by atomic mass is 16.5. The normalized spacial score (nSPS) is 22.3. The van der Waals surface area contributed by atoms with Crippen LogP contribution >= 0.6 is 0 Å². The van der Waals surface area contributed by atoms with Crippen LogP contribution in [0.3, 0.4) is 0 Å². The summed E-state index contributed by atoms with van der Waals surface area (Å²) < 4.78 is 15.0. The first-order valence-electron chi connectivity index (χ1n) is 17.9. The van der Waals surface area contributed by atoms with Crippen LogP contribution in [0.25, 0.3) is 22.5 Å². The maximum Gasteiger partial charge on any atom is 0.341 e. The molecule has 10 nitrogen and oxygen atoms in total. The third kappa shape index (κ3) is 5.37. The Morgan fingerprint density at radius 1 is 0.654 bits per heavy atom. The van der Waals surface area contributed by atoms with Crippen LogP contribution < -0.4 is 20.3 Å². The van der Waals surface area contributed by atoms with E-state index in [1.807, 2.05) is 35.1 Å². The number of aromatic carboxylic acids is 2. The Morgan fingerprint density at radius 2 is 1.02 bits per heavy atom. The first-order valence-corrected chi connectivity index (χ1v) is 17.9. The molecule has 0 saturated heterocycles. The molecule has 2 aromatic carbocycles. The molecule has 2 fully saturated rings. The van der Waals surface area contributed by atoms with Gasteiger partial charge in [0, 0.05) is 59.6 Å². The van der Waals surface area contributed by atoms with Crippen LogP contribution in [0.15, 0.2) is 58.4 Å². The Bertz CT molecular complexity index is 2130.